The van der Waals surface area contributed by atoms with Gasteiger partial charge in [0.25, 0.3) is 0 Å². The second kappa shape index (κ2) is 8.37. The number of hydrogen-bond donors (Lipinski definition) is 2. The van der Waals surface area contributed by atoms with Gasteiger partial charge in [0.2, 0.25) is 0 Å². The van der Waals surface area contributed by atoms with Gasteiger partial charge in [-0.15, -0.1) is 0 Å². The molecule has 0 heterocycles. The smallest absolute Gasteiger partial charge is 0.407 e. The largest absolute Gasteiger partial charge is 0.444 e. The van der Waals surface area contributed by atoms with Gasteiger partial charge in [-0.05, 0) is 56.0 Å². The summed E-state index contributed by atoms with van der Waals surface area (Å²) < 4.78 is 5.22. The summed E-state index contributed by atoms with van der Waals surface area (Å²) in [5, 5.41) is 14.0. The normalized spacial score (nSPS) is 12.5. The SMILES string of the molecule is CC(C)(C)OC(=O)NCCc1ccccc1C(O)c1cccc(Cl)c1. The number of hydrogen-bond acceptors (Lipinski definition) is 3. The Bertz CT molecular complexity index is 725. The Hall–Kier alpha value is -2.04. The molecule has 0 aromatic heterocycles. The van der Waals surface area contributed by atoms with E-state index in [9.17, 15) is 9.90 Å². The molecule has 0 fully saturated rings. The third kappa shape index (κ3) is 6.07. The monoisotopic (exact) mass is 361 g/mol. The summed E-state index contributed by atoms with van der Waals surface area (Å²) in [4.78, 5) is 11.7. The second-order valence-electron chi connectivity index (χ2n) is 6.84. The summed E-state index contributed by atoms with van der Waals surface area (Å²) >= 11 is 6.01. The minimum atomic E-state index is -0.767. The van der Waals surface area contributed by atoms with Crippen LogP contribution in [0.4, 0.5) is 4.79 Å². The van der Waals surface area contributed by atoms with Crippen molar-refractivity contribution in [2.75, 3.05) is 6.54 Å². The molecule has 1 amide bonds. The van der Waals surface area contributed by atoms with Gasteiger partial charge in [-0.3, -0.25) is 0 Å². The predicted molar refractivity (Wildman–Crippen MR) is 99.9 cm³/mol. The van der Waals surface area contributed by atoms with E-state index in [-0.39, 0.29) is 0 Å². The lowest BCUT2D eigenvalue weighted by Crippen LogP contribution is -2.33. The van der Waals surface area contributed by atoms with Crippen LogP contribution in [0.2, 0.25) is 5.02 Å². The van der Waals surface area contributed by atoms with Crippen LogP contribution in [0.25, 0.3) is 0 Å². The maximum atomic E-state index is 11.7. The lowest BCUT2D eigenvalue weighted by Gasteiger charge is -2.20. The Morgan fingerprint density at radius 2 is 1.92 bits per heavy atom. The number of aliphatic hydroxyl groups is 1. The van der Waals surface area contributed by atoms with Gasteiger partial charge in [-0.25, -0.2) is 4.79 Å². The first-order valence-electron chi connectivity index (χ1n) is 8.24. The van der Waals surface area contributed by atoms with E-state index in [1.165, 1.54) is 0 Å². The van der Waals surface area contributed by atoms with Crippen molar-refractivity contribution in [2.45, 2.75) is 38.9 Å². The third-order valence-corrected chi connectivity index (χ3v) is 3.81. The zero-order valence-electron chi connectivity index (χ0n) is 14.8. The number of benzene rings is 2. The summed E-state index contributed by atoms with van der Waals surface area (Å²) in [5.74, 6) is 0. The van der Waals surface area contributed by atoms with E-state index in [1.54, 1.807) is 12.1 Å². The van der Waals surface area contributed by atoms with E-state index >= 15 is 0 Å². The van der Waals surface area contributed by atoms with Gasteiger partial charge < -0.3 is 15.2 Å². The van der Waals surface area contributed by atoms with Crippen molar-refractivity contribution in [2.24, 2.45) is 0 Å². The van der Waals surface area contributed by atoms with Crippen LogP contribution in [0.5, 0.6) is 0 Å². The van der Waals surface area contributed by atoms with Crippen LogP contribution in [0, 0.1) is 0 Å². The van der Waals surface area contributed by atoms with Gasteiger partial charge in [0.05, 0.1) is 0 Å². The van der Waals surface area contributed by atoms with E-state index in [1.807, 2.05) is 57.2 Å². The standard InChI is InChI=1S/C20H24ClNO3/c1-20(2,3)25-19(24)22-12-11-14-7-4-5-10-17(14)18(23)15-8-6-9-16(21)13-15/h4-10,13,18,23H,11-12H2,1-3H3,(H,22,24). The van der Waals surface area contributed by atoms with Crippen molar-refractivity contribution < 1.29 is 14.6 Å². The van der Waals surface area contributed by atoms with Gasteiger partial charge in [0.1, 0.15) is 11.7 Å². The van der Waals surface area contributed by atoms with Crippen LogP contribution in [0.1, 0.15) is 43.6 Å². The molecule has 0 spiro atoms. The number of ether oxygens (including phenoxy) is 1. The first kappa shape index (κ1) is 19.3. The van der Waals surface area contributed by atoms with Crippen LogP contribution >= 0.6 is 11.6 Å². The second-order valence-corrected chi connectivity index (χ2v) is 7.27. The molecule has 1 atom stereocenters. The number of aliphatic hydroxyl groups excluding tert-OH is 1. The number of carbonyl (C=O) groups is 1. The molecule has 0 saturated heterocycles. The Balaban J connectivity index is 2.04. The molecule has 2 aromatic rings. The van der Waals surface area contributed by atoms with E-state index < -0.39 is 17.8 Å². The van der Waals surface area contributed by atoms with Crippen molar-refractivity contribution in [3.8, 4) is 0 Å². The molecule has 4 nitrogen and oxygen atoms in total. The average Bonchev–Trinajstić information content (AvgIpc) is 2.53. The first-order chi connectivity index (χ1) is 11.8. The number of halogens is 1. The number of nitrogens with one attached hydrogen (secondary N) is 1. The predicted octanol–water partition coefficient (Wildman–Crippen LogP) is 4.49. The molecule has 1 unspecified atom stereocenters. The fourth-order valence-corrected chi connectivity index (χ4v) is 2.70. The summed E-state index contributed by atoms with van der Waals surface area (Å²) in [6.07, 6.45) is -0.621. The van der Waals surface area contributed by atoms with Gasteiger partial charge in [0, 0.05) is 11.6 Å². The Morgan fingerprint density at radius 1 is 1.20 bits per heavy atom. The quantitative estimate of drug-likeness (QED) is 0.824. The van der Waals surface area contributed by atoms with Crippen molar-refractivity contribution >= 4 is 17.7 Å². The summed E-state index contributed by atoms with van der Waals surface area (Å²) in [6, 6.07) is 14.8. The molecular formula is C20H24ClNO3. The molecule has 25 heavy (non-hydrogen) atoms. The van der Waals surface area contributed by atoms with Crippen molar-refractivity contribution in [1.29, 1.82) is 0 Å². The van der Waals surface area contributed by atoms with Crippen molar-refractivity contribution in [3.05, 3.63) is 70.2 Å². The molecule has 0 radical (unpaired) electrons. The lowest BCUT2D eigenvalue weighted by molar-refractivity contribution is 0.0528. The minimum Gasteiger partial charge on any atom is -0.444 e. The van der Waals surface area contributed by atoms with Crippen LogP contribution in [0.3, 0.4) is 0 Å². The van der Waals surface area contributed by atoms with Crippen LogP contribution in [-0.4, -0.2) is 23.3 Å². The molecule has 0 aliphatic heterocycles. The van der Waals surface area contributed by atoms with E-state index in [0.717, 1.165) is 16.7 Å². The highest BCUT2D eigenvalue weighted by Gasteiger charge is 2.17. The maximum absolute atomic E-state index is 11.7. The zero-order chi connectivity index (χ0) is 18.4. The van der Waals surface area contributed by atoms with Gasteiger partial charge in [-0.2, -0.15) is 0 Å². The van der Waals surface area contributed by atoms with Gasteiger partial charge in [0.15, 0.2) is 0 Å². The molecule has 2 aromatic carbocycles. The maximum Gasteiger partial charge on any atom is 0.407 e. The highest BCUT2D eigenvalue weighted by atomic mass is 35.5. The summed E-state index contributed by atoms with van der Waals surface area (Å²) in [6.45, 7) is 5.89. The topological polar surface area (TPSA) is 58.6 Å². The lowest BCUT2D eigenvalue weighted by atomic mass is 9.95. The van der Waals surface area contributed by atoms with Gasteiger partial charge in [-0.1, -0.05) is 48.0 Å². The Morgan fingerprint density at radius 3 is 2.60 bits per heavy atom. The Labute approximate surface area is 153 Å². The number of carbonyl (C=O) groups excluding carboxylic acids is 1. The molecular weight excluding hydrogens is 338 g/mol. The van der Waals surface area contributed by atoms with Gasteiger partial charge >= 0.3 is 6.09 Å². The zero-order valence-corrected chi connectivity index (χ0v) is 15.5. The summed E-state index contributed by atoms with van der Waals surface area (Å²) in [7, 11) is 0. The highest BCUT2D eigenvalue weighted by molar-refractivity contribution is 6.30. The van der Waals surface area contributed by atoms with Crippen molar-refractivity contribution in [3.63, 3.8) is 0 Å². The number of rotatable bonds is 5. The van der Waals surface area contributed by atoms with E-state index in [4.69, 9.17) is 16.3 Å². The molecule has 0 saturated carbocycles. The molecule has 134 valence electrons. The molecule has 0 aliphatic carbocycles. The first-order valence-corrected chi connectivity index (χ1v) is 8.62. The van der Waals surface area contributed by atoms with E-state index in [0.29, 0.717) is 18.0 Å². The van der Waals surface area contributed by atoms with Crippen molar-refractivity contribution in [1.82, 2.24) is 5.32 Å². The average molecular weight is 362 g/mol. The van der Waals surface area contributed by atoms with E-state index in [2.05, 4.69) is 5.32 Å². The third-order valence-electron chi connectivity index (χ3n) is 3.58. The molecule has 2 N–H and O–H groups in total. The highest BCUT2D eigenvalue weighted by Crippen LogP contribution is 2.27. The fourth-order valence-electron chi connectivity index (χ4n) is 2.50. The molecule has 2 rings (SSSR count). The number of alkyl carbamates (subject to hydrolysis) is 1. The molecule has 0 aliphatic rings. The molecule has 5 heteroatoms. The summed E-state index contributed by atoms with van der Waals surface area (Å²) in [5.41, 5.74) is 1.98. The minimum absolute atomic E-state index is 0.425. The molecule has 0 bridgehead atoms. The van der Waals surface area contributed by atoms with Crippen LogP contribution in [-0.2, 0) is 11.2 Å². The van der Waals surface area contributed by atoms with Crippen LogP contribution < -0.4 is 5.32 Å². The number of amides is 1. The van der Waals surface area contributed by atoms with Crippen LogP contribution in [0.15, 0.2) is 48.5 Å². The fraction of sp³-hybridized carbons (Fsp3) is 0.350. The Kier molecular flexibility index (Phi) is 6.45.